The third-order valence-corrected chi connectivity index (χ3v) is 4.31. The van der Waals surface area contributed by atoms with Gasteiger partial charge in [-0.05, 0) is 23.8 Å². The Morgan fingerprint density at radius 3 is 2.84 bits per heavy atom. The molecule has 0 saturated carbocycles. The Balaban J connectivity index is 1.99. The van der Waals surface area contributed by atoms with Gasteiger partial charge in [0.25, 0.3) is 0 Å². The third-order valence-electron chi connectivity index (χ3n) is 3.97. The van der Waals surface area contributed by atoms with Crippen LogP contribution in [0, 0.1) is 11.3 Å². The van der Waals surface area contributed by atoms with Crippen molar-refractivity contribution in [2.45, 2.75) is 6.54 Å². The second kappa shape index (κ2) is 5.69. The van der Waals surface area contributed by atoms with E-state index < -0.39 is 0 Å². The van der Waals surface area contributed by atoms with Gasteiger partial charge in [0.2, 0.25) is 0 Å². The first-order valence-corrected chi connectivity index (χ1v) is 7.85. The van der Waals surface area contributed by atoms with Crippen molar-refractivity contribution in [1.29, 1.82) is 5.26 Å². The molecule has 1 aromatic carbocycles. The summed E-state index contributed by atoms with van der Waals surface area (Å²) < 4.78 is 1.66. The Bertz CT molecular complexity index is 1080. The predicted molar refractivity (Wildman–Crippen MR) is 95.1 cm³/mol. The molecule has 0 fully saturated rings. The SMILES string of the molecule is Cn1ccc(-c2nc(N)c(C#N)nc2-c2cc(Cl)c3c(c2)C=NC3)n1. The Morgan fingerprint density at radius 2 is 2.12 bits per heavy atom. The Hall–Kier alpha value is -3.24. The second-order valence-corrected chi connectivity index (χ2v) is 6.04. The summed E-state index contributed by atoms with van der Waals surface area (Å²) in [5.41, 5.74) is 10.2. The van der Waals surface area contributed by atoms with Crippen LogP contribution in [0.15, 0.2) is 29.4 Å². The fourth-order valence-corrected chi connectivity index (χ4v) is 3.05. The molecule has 3 aromatic rings. The lowest BCUT2D eigenvalue weighted by atomic mass is 10.0. The summed E-state index contributed by atoms with van der Waals surface area (Å²) in [4.78, 5) is 13.0. The van der Waals surface area contributed by atoms with Gasteiger partial charge < -0.3 is 5.73 Å². The highest BCUT2D eigenvalue weighted by atomic mass is 35.5. The van der Waals surface area contributed by atoms with Gasteiger partial charge in [-0.2, -0.15) is 10.4 Å². The van der Waals surface area contributed by atoms with E-state index in [2.05, 4.69) is 20.1 Å². The summed E-state index contributed by atoms with van der Waals surface area (Å²) in [5.74, 6) is 0.0701. The van der Waals surface area contributed by atoms with Crippen LogP contribution in [0.2, 0.25) is 5.02 Å². The zero-order chi connectivity index (χ0) is 17.6. The summed E-state index contributed by atoms with van der Waals surface area (Å²) in [5, 5.41) is 14.2. The lowest BCUT2D eigenvalue weighted by Crippen LogP contribution is -2.04. The first-order valence-electron chi connectivity index (χ1n) is 7.47. The van der Waals surface area contributed by atoms with Gasteiger partial charge in [0.1, 0.15) is 23.2 Å². The first kappa shape index (κ1) is 15.3. The minimum absolute atomic E-state index is 0.0694. The molecule has 0 saturated heterocycles. The van der Waals surface area contributed by atoms with Gasteiger partial charge in [0.15, 0.2) is 11.5 Å². The minimum atomic E-state index is 0.0694. The van der Waals surface area contributed by atoms with E-state index in [4.69, 9.17) is 17.3 Å². The van der Waals surface area contributed by atoms with E-state index in [-0.39, 0.29) is 11.5 Å². The van der Waals surface area contributed by atoms with Crippen LogP contribution < -0.4 is 5.73 Å². The summed E-state index contributed by atoms with van der Waals surface area (Å²) in [6, 6.07) is 7.53. The number of hydrogen-bond donors (Lipinski definition) is 1. The van der Waals surface area contributed by atoms with Crippen molar-refractivity contribution in [3.63, 3.8) is 0 Å². The molecule has 1 aliphatic heterocycles. The Kier molecular flexibility index (Phi) is 3.48. The van der Waals surface area contributed by atoms with Crippen molar-refractivity contribution >= 4 is 23.6 Å². The molecule has 2 N–H and O–H groups in total. The van der Waals surface area contributed by atoms with Crippen molar-refractivity contribution in [2.24, 2.45) is 12.0 Å². The van der Waals surface area contributed by atoms with Crippen LogP contribution in [0.4, 0.5) is 5.82 Å². The summed E-state index contributed by atoms with van der Waals surface area (Å²) >= 11 is 6.39. The fraction of sp³-hybridized carbons (Fsp3) is 0.118. The first-order chi connectivity index (χ1) is 12.1. The number of halogens is 1. The van der Waals surface area contributed by atoms with Gasteiger partial charge >= 0.3 is 0 Å². The quantitative estimate of drug-likeness (QED) is 0.765. The number of benzene rings is 1. The smallest absolute Gasteiger partial charge is 0.183 e. The predicted octanol–water partition coefficient (Wildman–Crippen LogP) is 2.58. The third kappa shape index (κ3) is 2.53. The number of nitrogens with two attached hydrogens (primary N) is 1. The zero-order valence-corrected chi connectivity index (χ0v) is 14.0. The fourth-order valence-electron chi connectivity index (χ4n) is 2.76. The van der Waals surface area contributed by atoms with Crippen LogP contribution in [0.5, 0.6) is 0 Å². The van der Waals surface area contributed by atoms with Crippen LogP contribution in [-0.2, 0) is 13.6 Å². The van der Waals surface area contributed by atoms with Crippen LogP contribution in [0.25, 0.3) is 22.6 Å². The van der Waals surface area contributed by atoms with Gasteiger partial charge in [-0.3, -0.25) is 9.67 Å². The maximum absolute atomic E-state index is 9.27. The van der Waals surface area contributed by atoms with Crippen LogP contribution in [-0.4, -0.2) is 26.0 Å². The number of nitrogen functional groups attached to an aromatic ring is 1. The van der Waals surface area contributed by atoms with Crippen LogP contribution in [0.1, 0.15) is 16.8 Å². The second-order valence-electron chi connectivity index (χ2n) is 5.64. The normalized spacial score (nSPS) is 12.2. The van der Waals surface area contributed by atoms with E-state index in [1.54, 1.807) is 17.1 Å². The minimum Gasteiger partial charge on any atom is -0.381 e. The molecule has 7 nitrogen and oxygen atoms in total. The van der Waals surface area contributed by atoms with Gasteiger partial charge in [0, 0.05) is 35.6 Å². The molecule has 0 unspecified atom stereocenters. The van der Waals surface area contributed by atoms with Crippen LogP contribution in [0.3, 0.4) is 0 Å². The highest BCUT2D eigenvalue weighted by molar-refractivity contribution is 6.32. The molecule has 0 atom stereocenters. The number of hydrogen-bond acceptors (Lipinski definition) is 6. The van der Waals surface area contributed by atoms with E-state index in [9.17, 15) is 5.26 Å². The topological polar surface area (TPSA) is 106 Å². The molecule has 8 heteroatoms. The van der Waals surface area contributed by atoms with E-state index in [0.717, 1.165) is 16.7 Å². The molecule has 0 aliphatic carbocycles. The molecule has 2 aromatic heterocycles. The van der Waals surface area contributed by atoms with Crippen molar-refractivity contribution < 1.29 is 0 Å². The maximum atomic E-state index is 9.27. The van der Waals surface area contributed by atoms with Crippen molar-refractivity contribution in [2.75, 3.05) is 5.73 Å². The van der Waals surface area contributed by atoms with Crippen LogP contribution >= 0.6 is 11.6 Å². The highest BCUT2D eigenvalue weighted by Gasteiger charge is 2.20. The average molecular weight is 350 g/mol. The van der Waals surface area contributed by atoms with E-state index in [0.29, 0.717) is 28.6 Å². The largest absolute Gasteiger partial charge is 0.381 e. The zero-order valence-electron chi connectivity index (χ0n) is 13.2. The molecule has 0 bridgehead atoms. The van der Waals surface area contributed by atoms with Crippen molar-refractivity contribution in [3.05, 3.63) is 46.2 Å². The summed E-state index contributed by atoms with van der Waals surface area (Å²) in [6.07, 6.45) is 3.58. The number of fused-ring (bicyclic) bond motifs is 1. The molecular weight excluding hydrogens is 338 g/mol. The molecule has 4 rings (SSSR count). The van der Waals surface area contributed by atoms with Gasteiger partial charge in [-0.25, -0.2) is 9.97 Å². The lowest BCUT2D eigenvalue weighted by molar-refractivity contribution is 0.770. The molecule has 0 radical (unpaired) electrons. The molecule has 1 aliphatic rings. The number of aryl methyl sites for hydroxylation is 1. The lowest BCUT2D eigenvalue weighted by Gasteiger charge is -2.11. The van der Waals surface area contributed by atoms with Crippen molar-refractivity contribution in [3.8, 4) is 28.7 Å². The van der Waals surface area contributed by atoms with Crippen molar-refractivity contribution in [1.82, 2.24) is 19.7 Å². The number of aliphatic imine (C=N–C) groups is 1. The molecule has 3 heterocycles. The number of rotatable bonds is 2. The highest BCUT2D eigenvalue weighted by Crippen LogP contribution is 2.34. The summed E-state index contributed by atoms with van der Waals surface area (Å²) in [6.45, 7) is 0.568. The van der Waals surface area contributed by atoms with Gasteiger partial charge in [-0.15, -0.1) is 0 Å². The standard InChI is InChI=1S/C17H12ClN7/c1-25-3-2-13(24-25)16-15(22-14(6-19)17(20)23-16)9-4-10-7-21-8-11(10)12(18)5-9/h2-5,7H,8H2,1H3,(H2,20,23). The maximum Gasteiger partial charge on any atom is 0.183 e. The molecule has 0 amide bonds. The summed E-state index contributed by atoms with van der Waals surface area (Å²) in [7, 11) is 1.81. The Labute approximate surface area is 148 Å². The Morgan fingerprint density at radius 1 is 1.28 bits per heavy atom. The molecular formula is C17H12ClN7. The number of anilines is 1. The van der Waals surface area contributed by atoms with E-state index >= 15 is 0 Å². The number of aromatic nitrogens is 4. The average Bonchev–Trinajstić information content (AvgIpc) is 3.23. The number of nitriles is 1. The van der Waals surface area contributed by atoms with E-state index in [1.165, 1.54) is 0 Å². The van der Waals surface area contributed by atoms with Gasteiger partial charge in [-0.1, -0.05) is 11.6 Å². The number of nitrogens with zero attached hydrogens (tertiary/aromatic N) is 6. The molecule has 122 valence electrons. The molecule has 25 heavy (non-hydrogen) atoms. The van der Waals surface area contributed by atoms with Gasteiger partial charge in [0.05, 0.1) is 6.54 Å². The van der Waals surface area contributed by atoms with E-state index in [1.807, 2.05) is 31.3 Å². The monoisotopic (exact) mass is 349 g/mol. The molecule has 0 spiro atoms.